The van der Waals surface area contributed by atoms with Crippen LogP contribution in [0.15, 0.2) is 12.3 Å². The smallest absolute Gasteiger partial charge is 0.289 e. The molecule has 15 heavy (non-hydrogen) atoms. The molecule has 5 nitrogen and oxygen atoms in total. The van der Waals surface area contributed by atoms with E-state index in [1.54, 1.807) is 12.3 Å². The number of anilines is 1. The summed E-state index contributed by atoms with van der Waals surface area (Å²) in [7, 11) is 1.86. The lowest BCUT2D eigenvalue weighted by Crippen LogP contribution is -2.30. The highest BCUT2D eigenvalue weighted by atomic mass is 16.6. The zero-order valence-electron chi connectivity index (χ0n) is 8.85. The highest BCUT2D eigenvalue weighted by Crippen LogP contribution is 2.25. The normalized spacial score (nSPS) is 16.7. The van der Waals surface area contributed by atoms with E-state index in [-0.39, 0.29) is 10.6 Å². The van der Waals surface area contributed by atoms with Crippen LogP contribution in [0.1, 0.15) is 19.3 Å². The number of aromatic nitrogens is 1. The van der Waals surface area contributed by atoms with Crippen molar-refractivity contribution in [2.45, 2.75) is 19.3 Å². The molecule has 0 amide bonds. The summed E-state index contributed by atoms with van der Waals surface area (Å²) in [6, 6.07) is 1.66. The van der Waals surface area contributed by atoms with Gasteiger partial charge in [0.2, 0.25) is 0 Å². The van der Waals surface area contributed by atoms with Gasteiger partial charge in [0.05, 0.1) is 17.2 Å². The van der Waals surface area contributed by atoms with E-state index in [2.05, 4.69) is 4.90 Å². The molecule has 0 radical (unpaired) electrons. The van der Waals surface area contributed by atoms with Crippen molar-refractivity contribution in [2.75, 3.05) is 18.0 Å². The number of hydrogen-bond donors (Lipinski definition) is 0. The van der Waals surface area contributed by atoms with E-state index in [9.17, 15) is 10.1 Å². The van der Waals surface area contributed by atoms with Crippen LogP contribution in [-0.2, 0) is 7.05 Å². The number of piperidine rings is 1. The number of nitro groups is 1. The molecule has 0 saturated carbocycles. The summed E-state index contributed by atoms with van der Waals surface area (Å²) in [5.41, 5.74) is 0.179. The zero-order valence-corrected chi connectivity index (χ0v) is 8.85. The molecule has 82 valence electrons. The maximum Gasteiger partial charge on any atom is 0.289 e. The van der Waals surface area contributed by atoms with E-state index in [1.165, 1.54) is 19.3 Å². The van der Waals surface area contributed by atoms with Crippen molar-refractivity contribution in [3.05, 3.63) is 22.4 Å². The lowest BCUT2D eigenvalue weighted by Gasteiger charge is -2.28. The SMILES string of the molecule is Cn1cc([N+](=O)[O-])cc1N1CCCCC1. The summed E-state index contributed by atoms with van der Waals surface area (Å²) in [5.74, 6) is 0.960. The van der Waals surface area contributed by atoms with E-state index in [0.717, 1.165) is 18.9 Å². The number of nitrogens with zero attached hydrogens (tertiary/aromatic N) is 3. The molecular weight excluding hydrogens is 194 g/mol. The maximum absolute atomic E-state index is 10.6. The molecule has 1 aliphatic heterocycles. The van der Waals surface area contributed by atoms with Crippen molar-refractivity contribution in [2.24, 2.45) is 7.05 Å². The van der Waals surface area contributed by atoms with Gasteiger partial charge in [-0.3, -0.25) is 10.1 Å². The van der Waals surface area contributed by atoms with Crippen LogP contribution in [0.25, 0.3) is 0 Å². The van der Waals surface area contributed by atoms with E-state index < -0.39 is 0 Å². The molecule has 0 aromatic carbocycles. The van der Waals surface area contributed by atoms with Gasteiger partial charge >= 0.3 is 0 Å². The molecule has 1 aromatic heterocycles. The summed E-state index contributed by atoms with van der Waals surface area (Å²) >= 11 is 0. The van der Waals surface area contributed by atoms with E-state index in [1.807, 2.05) is 11.6 Å². The minimum atomic E-state index is -0.340. The Morgan fingerprint density at radius 1 is 1.33 bits per heavy atom. The van der Waals surface area contributed by atoms with Crippen molar-refractivity contribution in [3.8, 4) is 0 Å². The van der Waals surface area contributed by atoms with Crippen molar-refractivity contribution in [3.63, 3.8) is 0 Å². The molecule has 5 heteroatoms. The van der Waals surface area contributed by atoms with Gasteiger partial charge in [-0.1, -0.05) is 0 Å². The Morgan fingerprint density at radius 3 is 2.53 bits per heavy atom. The summed E-state index contributed by atoms with van der Waals surface area (Å²) < 4.78 is 1.84. The van der Waals surface area contributed by atoms with Gasteiger partial charge in [0.25, 0.3) is 5.69 Å². The first-order valence-electron chi connectivity index (χ1n) is 5.24. The predicted molar refractivity (Wildman–Crippen MR) is 58.1 cm³/mol. The minimum absolute atomic E-state index is 0.179. The fourth-order valence-electron chi connectivity index (χ4n) is 2.07. The highest BCUT2D eigenvalue weighted by Gasteiger charge is 2.18. The first kappa shape index (κ1) is 10.0. The largest absolute Gasteiger partial charge is 0.358 e. The Labute approximate surface area is 88.4 Å². The van der Waals surface area contributed by atoms with E-state index >= 15 is 0 Å². The van der Waals surface area contributed by atoms with Gasteiger partial charge in [-0.05, 0) is 19.3 Å². The third-order valence-corrected chi connectivity index (χ3v) is 2.86. The predicted octanol–water partition coefficient (Wildman–Crippen LogP) is 1.92. The van der Waals surface area contributed by atoms with E-state index in [4.69, 9.17) is 0 Å². The Balaban J connectivity index is 2.22. The van der Waals surface area contributed by atoms with Crippen LogP contribution in [0.3, 0.4) is 0 Å². The van der Waals surface area contributed by atoms with Crippen molar-refractivity contribution >= 4 is 11.5 Å². The van der Waals surface area contributed by atoms with Gasteiger partial charge in [0.1, 0.15) is 5.82 Å². The van der Waals surface area contributed by atoms with Gasteiger partial charge in [0.15, 0.2) is 0 Å². The molecule has 1 fully saturated rings. The Kier molecular flexibility index (Phi) is 2.62. The summed E-state index contributed by atoms with van der Waals surface area (Å²) in [6.07, 6.45) is 5.20. The molecule has 2 heterocycles. The molecule has 0 aliphatic carbocycles. The highest BCUT2D eigenvalue weighted by molar-refractivity contribution is 5.50. The number of rotatable bonds is 2. The van der Waals surface area contributed by atoms with Crippen LogP contribution in [0.4, 0.5) is 11.5 Å². The average molecular weight is 209 g/mol. The second-order valence-electron chi connectivity index (χ2n) is 3.97. The lowest BCUT2D eigenvalue weighted by molar-refractivity contribution is -0.384. The standard InChI is InChI=1S/C10H15N3O2/c1-11-8-9(13(14)15)7-10(11)12-5-3-2-4-6-12/h7-8H,2-6H2,1H3. The number of aryl methyl sites for hydroxylation is 1. The lowest BCUT2D eigenvalue weighted by atomic mass is 10.1. The summed E-state index contributed by atoms with van der Waals surface area (Å²) in [5, 5.41) is 10.6. The van der Waals surface area contributed by atoms with Crippen LogP contribution in [0.2, 0.25) is 0 Å². The van der Waals surface area contributed by atoms with Crippen molar-refractivity contribution in [1.82, 2.24) is 4.57 Å². The third kappa shape index (κ3) is 1.95. The molecule has 0 spiro atoms. The molecule has 1 aromatic rings. The summed E-state index contributed by atoms with van der Waals surface area (Å²) in [4.78, 5) is 12.5. The van der Waals surface area contributed by atoms with Crippen LogP contribution in [0, 0.1) is 10.1 Å². The minimum Gasteiger partial charge on any atom is -0.358 e. The van der Waals surface area contributed by atoms with Crippen molar-refractivity contribution in [1.29, 1.82) is 0 Å². The molecule has 1 saturated heterocycles. The quantitative estimate of drug-likeness (QED) is 0.552. The first-order valence-corrected chi connectivity index (χ1v) is 5.24. The van der Waals surface area contributed by atoms with Gasteiger partial charge in [0, 0.05) is 20.1 Å². The first-order chi connectivity index (χ1) is 7.18. The molecule has 0 atom stereocenters. The van der Waals surface area contributed by atoms with Gasteiger partial charge in [-0.15, -0.1) is 0 Å². The Bertz CT molecular complexity index is 367. The molecule has 1 aliphatic rings. The van der Waals surface area contributed by atoms with Gasteiger partial charge in [-0.2, -0.15) is 0 Å². The summed E-state index contributed by atoms with van der Waals surface area (Å²) in [6.45, 7) is 2.02. The Morgan fingerprint density at radius 2 is 2.00 bits per heavy atom. The van der Waals surface area contributed by atoms with E-state index in [0.29, 0.717) is 0 Å². The maximum atomic E-state index is 10.6. The molecular formula is C10H15N3O2. The van der Waals surface area contributed by atoms with Gasteiger partial charge in [-0.25, -0.2) is 0 Å². The van der Waals surface area contributed by atoms with Crippen LogP contribution < -0.4 is 4.90 Å². The fraction of sp³-hybridized carbons (Fsp3) is 0.600. The van der Waals surface area contributed by atoms with Gasteiger partial charge < -0.3 is 9.47 Å². The second kappa shape index (κ2) is 3.92. The van der Waals surface area contributed by atoms with Crippen LogP contribution in [-0.4, -0.2) is 22.6 Å². The van der Waals surface area contributed by atoms with Crippen molar-refractivity contribution < 1.29 is 4.92 Å². The number of hydrogen-bond acceptors (Lipinski definition) is 3. The fourth-order valence-corrected chi connectivity index (χ4v) is 2.07. The van der Waals surface area contributed by atoms with Crippen LogP contribution >= 0.6 is 0 Å². The molecule has 0 unspecified atom stereocenters. The average Bonchev–Trinajstić information content (AvgIpc) is 2.62. The second-order valence-corrected chi connectivity index (χ2v) is 3.97. The Hall–Kier alpha value is -1.52. The zero-order chi connectivity index (χ0) is 10.8. The molecule has 0 N–H and O–H groups in total. The van der Waals surface area contributed by atoms with Crippen LogP contribution in [0.5, 0.6) is 0 Å². The third-order valence-electron chi connectivity index (χ3n) is 2.86. The molecule has 0 bridgehead atoms. The topological polar surface area (TPSA) is 51.3 Å². The molecule has 2 rings (SSSR count). The monoisotopic (exact) mass is 209 g/mol.